The Kier molecular flexibility index (Phi) is 2.59. The second-order valence-electron chi connectivity index (χ2n) is 4.68. The Morgan fingerprint density at radius 3 is 2.76 bits per heavy atom. The monoisotopic (exact) mass is 227 g/mol. The number of anilines is 1. The van der Waals surface area contributed by atoms with Gasteiger partial charge in [0.25, 0.3) is 0 Å². The third-order valence-electron chi connectivity index (χ3n) is 3.09. The van der Waals surface area contributed by atoms with Crippen LogP contribution in [-0.4, -0.2) is 9.55 Å². The maximum atomic E-state index is 4.54. The van der Waals surface area contributed by atoms with Gasteiger partial charge in [-0.25, -0.2) is 4.98 Å². The molecule has 3 nitrogen and oxygen atoms in total. The van der Waals surface area contributed by atoms with Gasteiger partial charge in [0.1, 0.15) is 0 Å². The molecule has 0 saturated heterocycles. The maximum Gasteiger partial charge on any atom is 0.203 e. The number of benzene rings is 1. The molecule has 0 aliphatic heterocycles. The molecule has 0 atom stereocenters. The number of aryl methyl sites for hydroxylation is 1. The van der Waals surface area contributed by atoms with Crippen molar-refractivity contribution in [3.63, 3.8) is 0 Å². The molecule has 0 amide bonds. The van der Waals surface area contributed by atoms with Crippen LogP contribution < -0.4 is 5.32 Å². The third kappa shape index (κ3) is 2.33. The van der Waals surface area contributed by atoms with Crippen molar-refractivity contribution >= 4 is 5.95 Å². The summed E-state index contributed by atoms with van der Waals surface area (Å²) in [5.74, 6) is 1.01. The highest BCUT2D eigenvalue weighted by atomic mass is 15.2. The predicted molar refractivity (Wildman–Crippen MR) is 69.0 cm³/mol. The lowest BCUT2D eigenvalue weighted by Crippen LogP contribution is -2.06. The highest BCUT2D eigenvalue weighted by Crippen LogP contribution is 2.37. The maximum absolute atomic E-state index is 4.54. The third-order valence-corrected chi connectivity index (χ3v) is 3.09. The Hall–Kier alpha value is -1.77. The molecule has 0 radical (unpaired) electrons. The number of hydrogen-bond donors (Lipinski definition) is 1. The van der Waals surface area contributed by atoms with Crippen molar-refractivity contribution in [2.24, 2.45) is 0 Å². The molecule has 0 bridgehead atoms. The Morgan fingerprint density at radius 2 is 2.06 bits per heavy atom. The van der Waals surface area contributed by atoms with Crippen LogP contribution >= 0.6 is 0 Å². The molecule has 1 aliphatic rings. The van der Waals surface area contributed by atoms with Crippen LogP contribution in [0.3, 0.4) is 0 Å². The van der Waals surface area contributed by atoms with Crippen LogP contribution in [0.5, 0.6) is 0 Å². The molecule has 1 aromatic heterocycles. The first-order chi connectivity index (χ1) is 8.33. The molecule has 0 spiro atoms. The van der Waals surface area contributed by atoms with Crippen molar-refractivity contribution in [1.29, 1.82) is 0 Å². The normalized spacial score (nSPS) is 14.9. The number of hydrogen-bond acceptors (Lipinski definition) is 2. The highest BCUT2D eigenvalue weighted by Gasteiger charge is 2.26. The van der Waals surface area contributed by atoms with Gasteiger partial charge in [0.2, 0.25) is 5.95 Å². The van der Waals surface area contributed by atoms with E-state index in [1.807, 2.05) is 13.0 Å². The predicted octanol–water partition coefficient (Wildman–Crippen LogP) is 3.14. The SMILES string of the molecule is Cc1cn(C2CC2)c(NCc2ccccc2)n1. The van der Waals surface area contributed by atoms with E-state index in [1.165, 1.54) is 18.4 Å². The topological polar surface area (TPSA) is 29.9 Å². The summed E-state index contributed by atoms with van der Waals surface area (Å²) in [5, 5.41) is 3.42. The molecule has 1 aromatic carbocycles. The Labute approximate surface area is 101 Å². The van der Waals surface area contributed by atoms with E-state index in [-0.39, 0.29) is 0 Å². The fraction of sp³-hybridized carbons (Fsp3) is 0.357. The van der Waals surface area contributed by atoms with Gasteiger partial charge in [-0.1, -0.05) is 30.3 Å². The second-order valence-corrected chi connectivity index (χ2v) is 4.68. The van der Waals surface area contributed by atoms with Crippen molar-refractivity contribution in [3.8, 4) is 0 Å². The zero-order valence-corrected chi connectivity index (χ0v) is 10.1. The molecule has 88 valence electrons. The summed E-state index contributed by atoms with van der Waals surface area (Å²) < 4.78 is 2.28. The van der Waals surface area contributed by atoms with Crippen LogP contribution in [0, 0.1) is 6.92 Å². The number of imidazole rings is 1. The molecule has 1 fully saturated rings. The molecule has 3 rings (SSSR count). The average Bonchev–Trinajstić information content (AvgIpc) is 3.12. The molecular formula is C14H17N3. The second kappa shape index (κ2) is 4.24. The quantitative estimate of drug-likeness (QED) is 0.869. The zero-order valence-electron chi connectivity index (χ0n) is 10.1. The highest BCUT2D eigenvalue weighted by molar-refractivity contribution is 5.32. The van der Waals surface area contributed by atoms with Crippen molar-refractivity contribution in [3.05, 3.63) is 47.8 Å². The van der Waals surface area contributed by atoms with Crippen LogP contribution in [0.2, 0.25) is 0 Å². The fourth-order valence-electron chi connectivity index (χ4n) is 2.05. The summed E-state index contributed by atoms with van der Waals surface area (Å²) in [5.41, 5.74) is 2.38. The van der Waals surface area contributed by atoms with Gasteiger partial charge in [-0.3, -0.25) is 0 Å². The van der Waals surface area contributed by atoms with E-state index in [9.17, 15) is 0 Å². The molecule has 2 aromatic rings. The number of nitrogens with one attached hydrogen (secondary N) is 1. The van der Waals surface area contributed by atoms with E-state index in [0.29, 0.717) is 6.04 Å². The summed E-state index contributed by atoms with van der Waals surface area (Å²) in [6, 6.07) is 11.1. The minimum atomic E-state index is 0.675. The van der Waals surface area contributed by atoms with E-state index in [4.69, 9.17) is 0 Å². The standard InChI is InChI=1S/C14H17N3/c1-11-10-17(13-7-8-13)14(16-11)15-9-12-5-3-2-4-6-12/h2-6,10,13H,7-9H2,1H3,(H,15,16). The van der Waals surface area contributed by atoms with Crippen LogP contribution in [0.1, 0.15) is 30.1 Å². The van der Waals surface area contributed by atoms with Gasteiger partial charge in [-0.2, -0.15) is 0 Å². The minimum Gasteiger partial charge on any atom is -0.352 e. The van der Waals surface area contributed by atoms with Crippen molar-refractivity contribution in [2.45, 2.75) is 32.4 Å². The van der Waals surface area contributed by atoms with Gasteiger partial charge in [-0.05, 0) is 25.3 Å². The minimum absolute atomic E-state index is 0.675. The summed E-state index contributed by atoms with van der Waals surface area (Å²) in [6.45, 7) is 2.89. The molecule has 1 N–H and O–H groups in total. The summed E-state index contributed by atoms with van der Waals surface area (Å²) in [7, 11) is 0. The largest absolute Gasteiger partial charge is 0.352 e. The number of nitrogens with zero attached hydrogens (tertiary/aromatic N) is 2. The van der Waals surface area contributed by atoms with Crippen molar-refractivity contribution in [2.75, 3.05) is 5.32 Å². The first-order valence-electron chi connectivity index (χ1n) is 6.16. The first-order valence-corrected chi connectivity index (χ1v) is 6.16. The van der Waals surface area contributed by atoms with Crippen molar-refractivity contribution < 1.29 is 0 Å². The van der Waals surface area contributed by atoms with E-state index >= 15 is 0 Å². The van der Waals surface area contributed by atoms with Gasteiger partial charge < -0.3 is 9.88 Å². The van der Waals surface area contributed by atoms with E-state index in [1.54, 1.807) is 0 Å². The Bertz CT molecular complexity index is 497. The van der Waals surface area contributed by atoms with Gasteiger partial charge in [0.05, 0.1) is 5.69 Å². The molecular weight excluding hydrogens is 210 g/mol. The van der Waals surface area contributed by atoms with E-state index in [0.717, 1.165) is 18.2 Å². The smallest absolute Gasteiger partial charge is 0.203 e. The molecule has 3 heteroatoms. The van der Waals surface area contributed by atoms with E-state index in [2.05, 4.69) is 45.3 Å². The van der Waals surface area contributed by atoms with Crippen LogP contribution in [0.15, 0.2) is 36.5 Å². The van der Waals surface area contributed by atoms with E-state index < -0.39 is 0 Å². The van der Waals surface area contributed by atoms with Gasteiger partial charge in [-0.15, -0.1) is 0 Å². The molecule has 1 saturated carbocycles. The first kappa shape index (κ1) is 10.4. The summed E-state index contributed by atoms with van der Waals surface area (Å²) in [4.78, 5) is 4.54. The zero-order chi connectivity index (χ0) is 11.7. The van der Waals surface area contributed by atoms with Crippen LogP contribution in [-0.2, 0) is 6.54 Å². The van der Waals surface area contributed by atoms with Crippen LogP contribution in [0.4, 0.5) is 5.95 Å². The van der Waals surface area contributed by atoms with Gasteiger partial charge >= 0.3 is 0 Å². The number of rotatable bonds is 4. The lowest BCUT2D eigenvalue weighted by Gasteiger charge is -2.08. The Morgan fingerprint density at radius 1 is 1.29 bits per heavy atom. The Balaban J connectivity index is 1.72. The lowest BCUT2D eigenvalue weighted by atomic mass is 10.2. The average molecular weight is 227 g/mol. The molecule has 1 aliphatic carbocycles. The lowest BCUT2D eigenvalue weighted by molar-refractivity contribution is 0.742. The van der Waals surface area contributed by atoms with Gasteiger partial charge in [0, 0.05) is 18.8 Å². The molecule has 1 heterocycles. The number of aromatic nitrogens is 2. The van der Waals surface area contributed by atoms with Gasteiger partial charge in [0.15, 0.2) is 0 Å². The fourth-order valence-corrected chi connectivity index (χ4v) is 2.05. The molecule has 0 unspecified atom stereocenters. The molecule has 17 heavy (non-hydrogen) atoms. The van der Waals surface area contributed by atoms with Crippen LogP contribution in [0.25, 0.3) is 0 Å². The van der Waals surface area contributed by atoms with Crippen molar-refractivity contribution in [1.82, 2.24) is 9.55 Å². The summed E-state index contributed by atoms with van der Waals surface area (Å²) in [6.07, 6.45) is 4.72. The summed E-state index contributed by atoms with van der Waals surface area (Å²) >= 11 is 0.